The van der Waals surface area contributed by atoms with Crippen molar-refractivity contribution in [2.75, 3.05) is 57.7 Å². The molecule has 0 atom stereocenters. The SMILES string of the molecule is Cc1cc(NC(=O)N2CCNc3ccccc32)ccc1F.Cc1cc(NC(=O)Oc2ccccc2)ccc1F.c1ccc2c(c1)NCCN2. The highest BCUT2D eigenvalue weighted by Crippen LogP contribution is 2.29. The summed E-state index contributed by atoms with van der Waals surface area (Å²) in [6.45, 7) is 6.64. The molecule has 0 unspecified atom stereocenters. The van der Waals surface area contributed by atoms with Gasteiger partial charge < -0.3 is 26.0 Å². The Labute approximate surface area is 284 Å². The molecule has 5 aromatic carbocycles. The van der Waals surface area contributed by atoms with Crippen molar-refractivity contribution < 1.29 is 23.1 Å². The summed E-state index contributed by atoms with van der Waals surface area (Å²) in [6, 6.07) is 33.3. The number of nitrogens with zero attached hydrogens (tertiary/aromatic N) is 1. The Kier molecular flexibility index (Phi) is 11.6. The van der Waals surface area contributed by atoms with Gasteiger partial charge in [0.25, 0.3) is 0 Å². The van der Waals surface area contributed by atoms with Crippen LogP contribution in [0.25, 0.3) is 0 Å². The van der Waals surface area contributed by atoms with E-state index in [4.69, 9.17) is 4.74 Å². The molecule has 0 saturated heterocycles. The fourth-order valence-electron chi connectivity index (χ4n) is 5.05. The first-order chi connectivity index (χ1) is 23.8. The predicted octanol–water partition coefficient (Wildman–Crippen LogP) is 8.87. The first kappa shape index (κ1) is 34.2. The normalized spacial score (nSPS) is 12.4. The van der Waals surface area contributed by atoms with Crippen molar-refractivity contribution in [2.24, 2.45) is 0 Å². The Balaban J connectivity index is 0.000000152. The van der Waals surface area contributed by atoms with Crippen LogP contribution in [0, 0.1) is 25.5 Å². The summed E-state index contributed by atoms with van der Waals surface area (Å²) < 4.78 is 31.3. The maximum absolute atomic E-state index is 13.3. The van der Waals surface area contributed by atoms with E-state index < -0.39 is 6.09 Å². The van der Waals surface area contributed by atoms with E-state index in [2.05, 4.69) is 38.7 Å². The number of para-hydroxylation sites is 5. The smallest absolute Gasteiger partial charge is 0.410 e. The molecule has 0 aromatic heterocycles. The Morgan fingerprint density at radius 1 is 0.633 bits per heavy atom. The number of carbonyl (C=O) groups excluding carboxylic acids is 2. The zero-order valence-corrected chi connectivity index (χ0v) is 27.2. The van der Waals surface area contributed by atoms with E-state index in [9.17, 15) is 18.4 Å². The Hall–Kier alpha value is -6.10. The number of urea groups is 1. The number of carbonyl (C=O) groups is 2. The van der Waals surface area contributed by atoms with Gasteiger partial charge in [-0.15, -0.1) is 0 Å². The molecule has 252 valence electrons. The molecular weight excluding hydrogens is 626 g/mol. The number of benzene rings is 5. The zero-order valence-electron chi connectivity index (χ0n) is 27.2. The molecule has 0 aliphatic carbocycles. The van der Waals surface area contributed by atoms with Crippen LogP contribution in [0.4, 0.5) is 52.5 Å². The molecule has 0 fully saturated rings. The topological polar surface area (TPSA) is 107 Å². The fourth-order valence-corrected chi connectivity index (χ4v) is 5.05. The lowest BCUT2D eigenvalue weighted by molar-refractivity contribution is 0.215. The summed E-state index contributed by atoms with van der Waals surface area (Å²) in [5.41, 5.74) is 6.28. The van der Waals surface area contributed by atoms with Crippen LogP contribution in [0.2, 0.25) is 0 Å². The van der Waals surface area contributed by atoms with Gasteiger partial charge in [0.1, 0.15) is 17.4 Å². The number of hydrogen-bond donors (Lipinski definition) is 5. The molecule has 49 heavy (non-hydrogen) atoms. The molecule has 5 N–H and O–H groups in total. The number of aryl methyl sites for hydroxylation is 2. The number of ether oxygens (including phenoxy) is 1. The van der Waals surface area contributed by atoms with Crippen LogP contribution in [0.3, 0.4) is 0 Å². The van der Waals surface area contributed by atoms with Crippen LogP contribution >= 0.6 is 0 Å². The van der Waals surface area contributed by atoms with Gasteiger partial charge in [-0.2, -0.15) is 0 Å². The third kappa shape index (κ3) is 9.71. The zero-order chi connectivity index (χ0) is 34.6. The van der Waals surface area contributed by atoms with Crippen LogP contribution in [-0.4, -0.2) is 38.3 Å². The average Bonchev–Trinajstić information content (AvgIpc) is 3.12. The third-order valence-electron chi connectivity index (χ3n) is 7.54. The van der Waals surface area contributed by atoms with Gasteiger partial charge >= 0.3 is 12.1 Å². The van der Waals surface area contributed by atoms with Crippen molar-refractivity contribution in [3.8, 4) is 5.75 Å². The second kappa shape index (κ2) is 16.6. The highest BCUT2D eigenvalue weighted by molar-refractivity contribution is 6.04. The molecule has 3 amide bonds. The number of amides is 3. The van der Waals surface area contributed by atoms with E-state index in [1.165, 1.54) is 29.6 Å². The summed E-state index contributed by atoms with van der Waals surface area (Å²) in [5, 5.41) is 15.2. The number of nitrogens with one attached hydrogen (secondary N) is 5. The van der Waals surface area contributed by atoms with Crippen LogP contribution in [0.5, 0.6) is 5.75 Å². The minimum absolute atomic E-state index is 0.213. The van der Waals surface area contributed by atoms with Crippen molar-refractivity contribution in [1.82, 2.24) is 0 Å². The van der Waals surface area contributed by atoms with Crippen molar-refractivity contribution in [3.05, 3.63) is 138 Å². The van der Waals surface area contributed by atoms with E-state index >= 15 is 0 Å². The molecule has 2 aliphatic rings. The van der Waals surface area contributed by atoms with Gasteiger partial charge in [0, 0.05) is 37.6 Å². The number of rotatable bonds is 3. The van der Waals surface area contributed by atoms with Gasteiger partial charge in [-0.25, -0.2) is 18.4 Å². The lowest BCUT2D eigenvalue weighted by Gasteiger charge is -2.30. The molecule has 2 heterocycles. The van der Waals surface area contributed by atoms with Gasteiger partial charge in [0.2, 0.25) is 0 Å². The van der Waals surface area contributed by atoms with Gasteiger partial charge in [-0.05, 0) is 97.8 Å². The summed E-state index contributed by atoms with van der Waals surface area (Å²) >= 11 is 0. The summed E-state index contributed by atoms with van der Waals surface area (Å²) in [4.78, 5) is 25.7. The van der Waals surface area contributed by atoms with Crippen molar-refractivity contribution in [1.29, 1.82) is 0 Å². The quantitative estimate of drug-likeness (QED) is 0.132. The molecular formula is C38H38F2N6O3. The number of anilines is 6. The molecule has 9 nitrogen and oxygen atoms in total. The number of fused-ring (bicyclic) bond motifs is 2. The highest BCUT2D eigenvalue weighted by atomic mass is 19.1. The minimum Gasteiger partial charge on any atom is -0.410 e. The average molecular weight is 665 g/mol. The van der Waals surface area contributed by atoms with Crippen LogP contribution < -0.4 is 36.2 Å². The maximum atomic E-state index is 13.3. The molecule has 11 heteroatoms. The molecule has 0 bridgehead atoms. The Bertz CT molecular complexity index is 1860. The van der Waals surface area contributed by atoms with Gasteiger partial charge in [-0.1, -0.05) is 42.5 Å². The Morgan fingerprint density at radius 2 is 1.14 bits per heavy atom. The first-order valence-electron chi connectivity index (χ1n) is 15.8. The monoisotopic (exact) mass is 664 g/mol. The van der Waals surface area contributed by atoms with Gasteiger partial charge in [-0.3, -0.25) is 10.2 Å². The van der Waals surface area contributed by atoms with E-state index in [0.29, 0.717) is 41.3 Å². The van der Waals surface area contributed by atoms with E-state index in [0.717, 1.165) is 24.5 Å². The Morgan fingerprint density at radius 3 is 1.73 bits per heavy atom. The summed E-state index contributed by atoms with van der Waals surface area (Å²) in [5.74, 6) is -0.133. The van der Waals surface area contributed by atoms with E-state index in [-0.39, 0.29) is 17.7 Å². The lowest BCUT2D eigenvalue weighted by atomic mass is 10.2. The molecule has 5 aromatic rings. The summed E-state index contributed by atoms with van der Waals surface area (Å²) in [7, 11) is 0. The van der Waals surface area contributed by atoms with Gasteiger partial charge in [0.05, 0.1) is 22.7 Å². The second-order valence-electron chi connectivity index (χ2n) is 11.2. The van der Waals surface area contributed by atoms with Crippen molar-refractivity contribution in [3.63, 3.8) is 0 Å². The largest absolute Gasteiger partial charge is 0.417 e. The summed E-state index contributed by atoms with van der Waals surface area (Å²) in [6.07, 6.45) is -0.604. The highest BCUT2D eigenvalue weighted by Gasteiger charge is 2.22. The lowest BCUT2D eigenvalue weighted by Crippen LogP contribution is -2.41. The standard InChI is InChI=1S/C16H16FN3O.C14H12FNO2.C8H10N2/c1-11-10-12(6-7-13(11)17)19-16(21)20-9-8-18-14-4-2-3-5-15(14)20;1-10-9-11(7-8-13(10)15)16-14(17)18-12-5-3-2-4-6-12;1-2-4-8-7(3-1)9-5-6-10-8/h2-7,10,18H,8-9H2,1H3,(H,19,21);2-9H,1H3,(H,16,17);1-4,9-10H,5-6H2. The van der Waals surface area contributed by atoms with Crippen LogP contribution in [0.1, 0.15) is 11.1 Å². The van der Waals surface area contributed by atoms with Crippen LogP contribution in [0.15, 0.2) is 115 Å². The first-order valence-corrected chi connectivity index (χ1v) is 15.8. The second-order valence-corrected chi connectivity index (χ2v) is 11.2. The van der Waals surface area contributed by atoms with Crippen molar-refractivity contribution >= 4 is 46.2 Å². The predicted molar refractivity (Wildman–Crippen MR) is 193 cm³/mol. The number of hydrogen-bond acceptors (Lipinski definition) is 6. The van der Waals surface area contributed by atoms with E-state index in [1.807, 2.05) is 42.5 Å². The molecule has 0 spiro atoms. The molecule has 0 radical (unpaired) electrons. The number of halogens is 2. The maximum Gasteiger partial charge on any atom is 0.417 e. The van der Waals surface area contributed by atoms with E-state index in [1.54, 1.807) is 61.2 Å². The third-order valence-corrected chi connectivity index (χ3v) is 7.54. The fraction of sp³-hybridized carbons (Fsp3) is 0.158. The molecule has 0 saturated carbocycles. The minimum atomic E-state index is -0.604. The molecule has 7 rings (SSSR count). The molecule has 2 aliphatic heterocycles. The van der Waals surface area contributed by atoms with Gasteiger partial charge in [0.15, 0.2) is 0 Å². The van der Waals surface area contributed by atoms with Crippen molar-refractivity contribution in [2.45, 2.75) is 13.8 Å². The van der Waals surface area contributed by atoms with Crippen LogP contribution in [-0.2, 0) is 0 Å².